The third-order valence-electron chi connectivity index (χ3n) is 1.59. The molecular formula is C8H15N2O2S2Tc+. The van der Waals surface area contributed by atoms with Crippen molar-refractivity contribution in [3.8, 4) is 0 Å². The van der Waals surface area contributed by atoms with Crippen molar-refractivity contribution >= 4 is 31.2 Å². The number of nitrogens with zero attached hydrogens (tertiary/aromatic N) is 2. The van der Waals surface area contributed by atoms with Gasteiger partial charge in [-0.2, -0.15) is 18.1 Å². The molecule has 0 saturated carbocycles. The van der Waals surface area contributed by atoms with Gasteiger partial charge < -0.3 is 35.4 Å². The van der Waals surface area contributed by atoms with Crippen LogP contribution in [0.1, 0.15) is 6.92 Å². The minimum absolute atomic E-state index is 0.0878. The van der Waals surface area contributed by atoms with Gasteiger partial charge in [0.25, 0.3) is 0 Å². The molecule has 7 heteroatoms. The maximum absolute atomic E-state index is 11.2. The summed E-state index contributed by atoms with van der Waals surface area (Å²) in [6.07, 6.45) is 0. The molecule has 4 nitrogen and oxygen atoms in total. The van der Waals surface area contributed by atoms with Crippen molar-refractivity contribution in [3.63, 3.8) is 0 Å². The Morgan fingerprint density at radius 3 is 2.33 bits per heavy atom. The molecule has 0 radical (unpaired) electrons. The van der Waals surface area contributed by atoms with E-state index in [1.807, 2.05) is 11.8 Å². The van der Waals surface area contributed by atoms with E-state index >= 15 is 0 Å². The maximum atomic E-state index is 11.2. The van der Waals surface area contributed by atoms with Crippen molar-refractivity contribution in [2.24, 2.45) is 0 Å². The molecular weight excluding hydrogens is 318 g/mol. The van der Waals surface area contributed by atoms with Crippen molar-refractivity contribution in [2.75, 3.05) is 37.7 Å². The minimum atomic E-state index is -0.0878. The van der Waals surface area contributed by atoms with Gasteiger partial charge in [0, 0.05) is 6.54 Å². The summed E-state index contributed by atoms with van der Waals surface area (Å²) in [4.78, 5) is 13.1. The predicted molar refractivity (Wildman–Crippen MR) is 60.5 cm³/mol. The molecule has 0 heterocycles. The van der Waals surface area contributed by atoms with Gasteiger partial charge in [0.1, 0.15) is 0 Å². The summed E-state index contributed by atoms with van der Waals surface area (Å²) in [6, 6.07) is 0. The predicted octanol–water partition coefficient (Wildman–Crippen LogP) is 0.181. The molecule has 0 aromatic rings. The molecule has 0 aliphatic rings. The molecule has 0 aromatic heterocycles. The molecule has 0 aromatic carbocycles. The van der Waals surface area contributed by atoms with Crippen molar-refractivity contribution in [3.05, 3.63) is 5.32 Å². The number of hydrogen-bond acceptors (Lipinski definition) is 5. The summed E-state index contributed by atoms with van der Waals surface area (Å²) >= 11 is 10.4. The van der Waals surface area contributed by atoms with E-state index in [1.54, 1.807) is 0 Å². The van der Waals surface area contributed by atoms with Gasteiger partial charge in [-0.25, -0.2) is 0 Å². The Morgan fingerprint density at radius 2 is 1.93 bits per heavy atom. The average Bonchev–Trinajstić information content (AvgIpc) is 2.28. The number of hydrogen-bond donors (Lipinski definition) is 0. The Labute approximate surface area is 113 Å². The fraction of sp³-hybridized carbons (Fsp3) is 0.875. The van der Waals surface area contributed by atoms with E-state index in [4.69, 9.17) is 16.1 Å². The second-order valence-electron chi connectivity index (χ2n) is 2.55. The first-order valence-corrected chi connectivity index (χ1v) is 6.40. The Hall–Kier alpha value is 0.579. The summed E-state index contributed by atoms with van der Waals surface area (Å²) in [5.41, 5.74) is 0. The van der Waals surface area contributed by atoms with E-state index in [9.17, 15) is 4.79 Å². The van der Waals surface area contributed by atoms with E-state index in [1.165, 1.54) is 0 Å². The Kier molecular flexibility index (Phi) is 17.5. The van der Waals surface area contributed by atoms with Crippen molar-refractivity contribution in [2.45, 2.75) is 6.92 Å². The summed E-state index contributed by atoms with van der Waals surface area (Å²) < 4.78 is 8.22. The van der Waals surface area contributed by atoms with Crippen molar-refractivity contribution < 1.29 is 27.2 Å². The second kappa shape index (κ2) is 14.6. The van der Waals surface area contributed by atoms with Gasteiger partial charge in [-0.15, -0.1) is 0 Å². The zero-order chi connectivity index (χ0) is 12.1. The van der Waals surface area contributed by atoms with E-state index in [-0.39, 0.29) is 5.91 Å². The SMILES string of the molecule is CCN(CC[S-])CC(=O)[N-]CC[S-].[O]=[Tc+4]. The quantitative estimate of drug-likeness (QED) is 0.622. The van der Waals surface area contributed by atoms with Crippen LogP contribution in [0, 0.1) is 0 Å². The van der Waals surface area contributed by atoms with E-state index < -0.39 is 0 Å². The fourth-order valence-corrected chi connectivity index (χ4v) is 1.24. The van der Waals surface area contributed by atoms with Crippen LogP contribution >= 0.6 is 0 Å². The molecule has 0 aliphatic heterocycles. The van der Waals surface area contributed by atoms with E-state index in [0.29, 0.717) is 24.6 Å². The van der Waals surface area contributed by atoms with Gasteiger partial charge in [-0.05, 0) is 13.1 Å². The summed E-state index contributed by atoms with van der Waals surface area (Å²) in [5.74, 6) is 1.08. The molecule has 0 unspecified atom stereocenters. The van der Waals surface area contributed by atoms with Gasteiger partial charge in [0.15, 0.2) is 0 Å². The first-order valence-electron chi connectivity index (χ1n) is 4.48. The summed E-state index contributed by atoms with van der Waals surface area (Å²) in [7, 11) is 0. The monoisotopic (exact) mass is 332 g/mol. The molecule has 1 amide bonds. The second-order valence-corrected chi connectivity index (χ2v) is 3.37. The molecule has 0 saturated heterocycles. The van der Waals surface area contributed by atoms with Crippen LogP contribution in [0.3, 0.4) is 0 Å². The van der Waals surface area contributed by atoms with Crippen LogP contribution in [-0.4, -0.2) is 48.5 Å². The molecule has 15 heavy (non-hydrogen) atoms. The Bertz CT molecular complexity index is 164. The molecule has 0 spiro atoms. The number of carbonyl (C=O) groups excluding carboxylic acids is 1. The average molecular weight is 333 g/mol. The normalized spacial score (nSPS) is 9.47. The number of amides is 1. The first kappa shape index (κ1) is 18.0. The molecule has 0 bridgehead atoms. The summed E-state index contributed by atoms with van der Waals surface area (Å²) in [6.45, 7) is 4.46. The molecule has 0 rings (SSSR count). The molecule has 87 valence electrons. The van der Waals surface area contributed by atoms with Gasteiger partial charge in [-0.3, -0.25) is 4.90 Å². The number of carbonyl (C=O) groups is 1. The Morgan fingerprint density at radius 1 is 1.33 bits per heavy atom. The zero-order valence-corrected chi connectivity index (χ0v) is 12.1. The van der Waals surface area contributed by atoms with Crippen LogP contribution in [0.2, 0.25) is 0 Å². The van der Waals surface area contributed by atoms with Gasteiger partial charge in [0.2, 0.25) is 0 Å². The van der Waals surface area contributed by atoms with E-state index in [0.717, 1.165) is 31.9 Å². The van der Waals surface area contributed by atoms with Crippen molar-refractivity contribution in [1.82, 2.24) is 4.90 Å². The topological polar surface area (TPSA) is 51.5 Å². The van der Waals surface area contributed by atoms with Gasteiger partial charge in [-0.1, -0.05) is 6.92 Å². The molecule has 0 fully saturated rings. The third kappa shape index (κ3) is 12.5. The fourth-order valence-electron chi connectivity index (χ4n) is 0.890. The first-order chi connectivity index (χ1) is 7.24. The van der Waals surface area contributed by atoms with Crippen molar-refractivity contribution in [1.29, 1.82) is 0 Å². The zero-order valence-electron chi connectivity index (χ0n) is 8.65. The summed E-state index contributed by atoms with van der Waals surface area (Å²) in [5, 5.41) is 3.79. The van der Waals surface area contributed by atoms with Crippen LogP contribution < -0.4 is 0 Å². The van der Waals surface area contributed by atoms with Crippen LogP contribution in [0.15, 0.2) is 0 Å². The third-order valence-corrected chi connectivity index (χ3v) is 1.96. The van der Waals surface area contributed by atoms with Crippen LogP contribution in [-0.2, 0) is 52.4 Å². The van der Waals surface area contributed by atoms with Crippen LogP contribution in [0.25, 0.3) is 5.32 Å². The van der Waals surface area contributed by atoms with Gasteiger partial charge >= 0.3 is 22.4 Å². The molecule has 0 atom stereocenters. The van der Waals surface area contributed by atoms with Gasteiger partial charge in [0.05, 0.1) is 5.91 Å². The van der Waals surface area contributed by atoms with Crippen LogP contribution in [0.4, 0.5) is 0 Å². The van der Waals surface area contributed by atoms with E-state index in [2.05, 4.69) is 17.9 Å². The standard InChI is InChI=1S/C8H18N2OS2.O.Tc/c1-2-10(4-6-13)7-8(11)9-3-5-12;;/h2-7H2,1H3,(H3,9,11,12,13);;/q;;+4/p-3. The molecule has 0 N–H and O–H groups in total. The number of likely N-dealkylation sites (N-methyl/N-ethyl adjacent to an activating group) is 1. The van der Waals surface area contributed by atoms with Crippen LogP contribution in [0.5, 0.6) is 0 Å². The Balaban J connectivity index is 0. The molecule has 0 aliphatic carbocycles. The number of rotatable bonds is 7.